The van der Waals surface area contributed by atoms with E-state index in [1.807, 2.05) is 6.07 Å². The second-order valence-corrected chi connectivity index (χ2v) is 15.9. The number of hydrogen-bond donors (Lipinski definition) is 1. The smallest absolute Gasteiger partial charge is 0.331 e. The highest BCUT2D eigenvalue weighted by Crippen LogP contribution is 2.36. The number of halogens is 1. The van der Waals surface area contributed by atoms with Gasteiger partial charge in [0.2, 0.25) is 6.10 Å². The van der Waals surface area contributed by atoms with Gasteiger partial charge in [-0.15, -0.1) is 0 Å². The average Bonchev–Trinajstić information content (AvgIpc) is 2.72. The van der Waals surface area contributed by atoms with E-state index in [1.165, 1.54) is 6.08 Å². The van der Waals surface area contributed by atoms with Gasteiger partial charge in [0.25, 0.3) is 5.91 Å². The molecule has 1 aromatic carbocycles. The highest BCUT2D eigenvalue weighted by Gasteiger charge is 2.38. The third-order valence-corrected chi connectivity index (χ3v) is 10.3. The molecule has 0 aromatic heterocycles. The molecule has 34 heavy (non-hydrogen) atoms. The van der Waals surface area contributed by atoms with Gasteiger partial charge in [0, 0.05) is 11.6 Å². The highest BCUT2D eigenvalue weighted by molar-refractivity contribution is 9.09. The minimum atomic E-state index is -2.13. The van der Waals surface area contributed by atoms with E-state index in [2.05, 4.69) is 55.1 Å². The van der Waals surface area contributed by atoms with Gasteiger partial charge in [-0.1, -0.05) is 73.1 Å². The van der Waals surface area contributed by atoms with Gasteiger partial charge in [-0.05, 0) is 38.9 Å². The van der Waals surface area contributed by atoms with E-state index in [9.17, 15) is 14.4 Å². The summed E-state index contributed by atoms with van der Waals surface area (Å²) in [5.41, 5.74) is -0.102. The Morgan fingerprint density at radius 2 is 1.65 bits per heavy atom. The summed E-state index contributed by atoms with van der Waals surface area (Å²) in [7, 11) is -2.13. The highest BCUT2D eigenvalue weighted by atomic mass is 79.9. The normalized spacial score (nSPS) is 14.4. The predicted molar refractivity (Wildman–Crippen MR) is 139 cm³/mol. The van der Waals surface area contributed by atoms with E-state index in [0.29, 0.717) is 5.56 Å². The standard InChI is InChI=1S/C25H38BrNO6Si/c1-24(2,3)33-20(28)15-14-19(17-31-34(7,8)25(4,5)6)27-23(30)22(32-21(29)16-26)18-12-10-9-11-13-18/h9-15,19,22H,16-17H2,1-8H3,(H,27,30)/b15-14+/t19-,22+/m1/s1. The minimum Gasteiger partial charge on any atom is -0.457 e. The van der Waals surface area contributed by atoms with Crippen molar-refractivity contribution < 1.29 is 28.3 Å². The Bertz CT molecular complexity index is 858. The van der Waals surface area contributed by atoms with Crippen LogP contribution in [0.1, 0.15) is 53.2 Å². The number of benzene rings is 1. The first kappa shape index (κ1) is 30.1. The average molecular weight is 557 g/mol. The second-order valence-electron chi connectivity index (χ2n) is 10.5. The van der Waals surface area contributed by atoms with Gasteiger partial charge in [-0.25, -0.2) is 4.79 Å². The summed E-state index contributed by atoms with van der Waals surface area (Å²) in [5, 5.41) is 2.78. The zero-order valence-corrected chi connectivity index (χ0v) is 24.0. The van der Waals surface area contributed by atoms with Crippen LogP contribution in [0.5, 0.6) is 0 Å². The molecule has 1 aromatic rings. The molecular weight excluding hydrogens is 518 g/mol. The Kier molecular flexibility index (Phi) is 11.2. The number of ether oxygens (including phenoxy) is 2. The van der Waals surface area contributed by atoms with Gasteiger partial charge in [-0.3, -0.25) is 9.59 Å². The number of alkyl halides is 1. The van der Waals surface area contributed by atoms with Gasteiger partial charge in [0.1, 0.15) is 10.9 Å². The first-order chi connectivity index (χ1) is 15.6. The number of amides is 1. The van der Waals surface area contributed by atoms with Crippen molar-refractivity contribution in [1.29, 1.82) is 0 Å². The Hall–Kier alpha value is -1.97. The van der Waals surface area contributed by atoms with Gasteiger partial charge < -0.3 is 19.2 Å². The third kappa shape index (κ3) is 10.5. The summed E-state index contributed by atoms with van der Waals surface area (Å²) in [4.78, 5) is 37.4. The number of carbonyl (C=O) groups is 3. The third-order valence-electron chi connectivity index (χ3n) is 5.33. The molecule has 0 radical (unpaired) electrons. The lowest BCUT2D eigenvalue weighted by Crippen LogP contribution is -2.47. The van der Waals surface area contributed by atoms with Crippen LogP contribution >= 0.6 is 15.9 Å². The molecule has 7 nitrogen and oxygen atoms in total. The van der Waals surface area contributed by atoms with Gasteiger partial charge >= 0.3 is 11.9 Å². The fourth-order valence-corrected chi connectivity index (χ4v) is 3.67. The van der Waals surface area contributed by atoms with Crippen molar-refractivity contribution in [3.8, 4) is 0 Å². The van der Waals surface area contributed by atoms with Gasteiger partial charge in [0.15, 0.2) is 8.32 Å². The first-order valence-electron chi connectivity index (χ1n) is 11.2. The van der Waals surface area contributed by atoms with Crippen LogP contribution in [-0.2, 0) is 28.3 Å². The van der Waals surface area contributed by atoms with Crippen LogP contribution in [0.3, 0.4) is 0 Å². The topological polar surface area (TPSA) is 90.9 Å². The number of carbonyl (C=O) groups excluding carboxylic acids is 3. The van der Waals surface area contributed by atoms with E-state index >= 15 is 0 Å². The van der Waals surface area contributed by atoms with Crippen molar-refractivity contribution in [3.05, 3.63) is 48.0 Å². The summed E-state index contributed by atoms with van der Waals surface area (Å²) >= 11 is 3.06. The van der Waals surface area contributed by atoms with Crippen molar-refractivity contribution in [2.75, 3.05) is 11.9 Å². The number of esters is 2. The largest absolute Gasteiger partial charge is 0.457 e. The monoisotopic (exact) mass is 555 g/mol. The molecule has 0 saturated heterocycles. The van der Waals surface area contributed by atoms with Crippen molar-refractivity contribution in [3.63, 3.8) is 0 Å². The molecule has 1 rings (SSSR count). The van der Waals surface area contributed by atoms with E-state index in [-0.39, 0.29) is 17.0 Å². The van der Waals surface area contributed by atoms with Gasteiger partial charge in [0.05, 0.1) is 12.6 Å². The Morgan fingerprint density at radius 3 is 2.15 bits per heavy atom. The molecular formula is C25H38BrNO6Si. The van der Waals surface area contributed by atoms with Crippen molar-refractivity contribution >= 4 is 42.1 Å². The molecule has 9 heteroatoms. The maximum atomic E-state index is 13.2. The first-order valence-corrected chi connectivity index (χ1v) is 15.2. The molecule has 0 saturated carbocycles. The fraction of sp³-hybridized carbons (Fsp3) is 0.560. The Labute approximate surface area is 212 Å². The molecule has 1 N–H and O–H groups in total. The number of rotatable bonds is 10. The second kappa shape index (κ2) is 12.6. The predicted octanol–water partition coefficient (Wildman–Crippen LogP) is 5.07. The van der Waals surface area contributed by atoms with Crippen molar-refractivity contribution in [2.45, 2.75) is 77.4 Å². The lowest BCUT2D eigenvalue weighted by Gasteiger charge is -2.37. The van der Waals surface area contributed by atoms with Gasteiger partial charge in [-0.2, -0.15) is 0 Å². The minimum absolute atomic E-state index is 0.0333. The molecule has 0 aliphatic heterocycles. The van der Waals surface area contributed by atoms with Crippen LogP contribution in [-0.4, -0.2) is 49.7 Å². The maximum absolute atomic E-state index is 13.2. The van der Waals surface area contributed by atoms with Crippen LogP contribution in [0.15, 0.2) is 42.5 Å². The summed E-state index contributed by atoms with van der Waals surface area (Å²) in [6.45, 7) is 16.1. The Balaban J connectivity index is 3.14. The molecule has 0 heterocycles. The lowest BCUT2D eigenvalue weighted by atomic mass is 10.1. The summed E-state index contributed by atoms with van der Waals surface area (Å²) in [6.07, 6.45) is 1.69. The number of nitrogens with one attached hydrogen (secondary N) is 1. The molecule has 0 aliphatic rings. The zero-order valence-electron chi connectivity index (χ0n) is 21.4. The quantitative estimate of drug-likeness (QED) is 0.187. The SMILES string of the molecule is CC(C)(C)OC(=O)/C=C/[C@H](CO[Si](C)(C)C(C)(C)C)NC(=O)[C@@H](OC(=O)CBr)c1ccccc1. The molecule has 1 amide bonds. The fourth-order valence-electron chi connectivity index (χ4n) is 2.51. The molecule has 0 unspecified atom stereocenters. The summed E-state index contributed by atoms with van der Waals surface area (Å²) in [6, 6.07) is 8.12. The summed E-state index contributed by atoms with van der Waals surface area (Å²) in [5.74, 6) is -1.61. The number of hydrogen-bond acceptors (Lipinski definition) is 6. The lowest BCUT2D eigenvalue weighted by molar-refractivity contribution is -0.154. The Morgan fingerprint density at radius 1 is 1.06 bits per heavy atom. The van der Waals surface area contributed by atoms with Crippen LogP contribution in [0.25, 0.3) is 0 Å². The summed E-state index contributed by atoms with van der Waals surface area (Å²) < 4.78 is 17.0. The van der Waals surface area contributed by atoms with Crippen molar-refractivity contribution in [1.82, 2.24) is 5.32 Å². The maximum Gasteiger partial charge on any atom is 0.331 e. The van der Waals surface area contributed by atoms with Crippen LogP contribution in [0.4, 0.5) is 0 Å². The van der Waals surface area contributed by atoms with E-state index in [4.69, 9.17) is 13.9 Å². The van der Waals surface area contributed by atoms with Crippen molar-refractivity contribution in [2.24, 2.45) is 0 Å². The molecule has 2 atom stereocenters. The molecule has 0 spiro atoms. The molecule has 0 bridgehead atoms. The molecule has 0 aliphatic carbocycles. The van der Waals surface area contributed by atoms with E-state index < -0.39 is 43.9 Å². The van der Waals surface area contributed by atoms with E-state index in [0.717, 1.165) is 0 Å². The zero-order chi connectivity index (χ0) is 26.2. The van der Waals surface area contributed by atoms with E-state index in [1.54, 1.807) is 51.1 Å². The molecule has 190 valence electrons. The van der Waals surface area contributed by atoms with Crippen LogP contribution < -0.4 is 5.32 Å². The molecule has 0 fully saturated rings. The van der Waals surface area contributed by atoms with Crippen LogP contribution in [0, 0.1) is 0 Å². The van der Waals surface area contributed by atoms with Crippen LogP contribution in [0.2, 0.25) is 18.1 Å².